The number of benzene rings is 2. The highest BCUT2D eigenvalue weighted by Gasteiger charge is 2.35. The lowest BCUT2D eigenvalue weighted by atomic mass is 10.1. The molecule has 2 amide bonds. The van der Waals surface area contributed by atoms with Crippen LogP contribution in [0.2, 0.25) is 0 Å². The van der Waals surface area contributed by atoms with Gasteiger partial charge in [0.25, 0.3) is 0 Å². The molecule has 1 heterocycles. The number of methoxy groups -OCH3 is 1. The van der Waals surface area contributed by atoms with E-state index in [1.165, 1.54) is 0 Å². The fourth-order valence-corrected chi connectivity index (χ4v) is 2.85. The molecule has 1 atom stereocenters. The molecule has 0 radical (unpaired) electrons. The summed E-state index contributed by atoms with van der Waals surface area (Å²) >= 11 is 0. The first-order valence-electron chi connectivity index (χ1n) is 7.89. The van der Waals surface area contributed by atoms with E-state index in [-0.39, 0.29) is 24.2 Å². The van der Waals surface area contributed by atoms with Crippen LogP contribution < -0.4 is 15.0 Å². The van der Waals surface area contributed by atoms with Crippen molar-refractivity contribution in [1.82, 2.24) is 0 Å². The van der Waals surface area contributed by atoms with Gasteiger partial charge >= 0.3 is 0 Å². The fourth-order valence-electron chi connectivity index (χ4n) is 2.85. The Labute approximate surface area is 141 Å². The van der Waals surface area contributed by atoms with Crippen molar-refractivity contribution in [2.75, 3.05) is 23.9 Å². The van der Waals surface area contributed by atoms with Gasteiger partial charge in [-0.2, -0.15) is 0 Å². The molecule has 1 aliphatic heterocycles. The van der Waals surface area contributed by atoms with Gasteiger partial charge in [0.1, 0.15) is 5.75 Å². The molecule has 0 saturated carbocycles. The van der Waals surface area contributed by atoms with Gasteiger partial charge in [-0.05, 0) is 48.9 Å². The lowest BCUT2D eigenvalue weighted by molar-refractivity contribution is -0.122. The summed E-state index contributed by atoms with van der Waals surface area (Å²) in [5, 5.41) is 2.87. The Hall–Kier alpha value is -2.82. The molecule has 1 saturated heterocycles. The number of hydrogen-bond acceptors (Lipinski definition) is 3. The third kappa shape index (κ3) is 3.40. The van der Waals surface area contributed by atoms with Crippen molar-refractivity contribution < 1.29 is 14.3 Å². The molecule has 2 aromatic carbocycles. The van der Waals surface area contributed by atoms with Crippen molar-refractivity contribution in [2.24, 2.45) is 5.92 Å². The van der Waals surface area contributed by atoms with Gasteiger partial charge in [0.15, 0.2) is 0 Å². The average molecular weight is 324 g/mol. The maximum absolute atomic E-state index is 12.4. The van der Waals surface area contributed by atoms with Crippen molar-refractivity contribution >= 4 is 23.2 Å². The highest BCUT2D eigenvalue weighted by Crippen LogP contribution is 2.27. The number of aryl methyl sites for hydroxylation is 1. The van der Waals surface area contributed by atoms with Crippen LogP contribution in [0.3, 0.4) is 0 Å². The predicted molar refractivity (Wildman–Crippen MR) is 93.3 cm³/mol. The van der Waals surface area contributed by atoms with E-state index in [1.807, 2.05) is 31.2 Å². The van der Waals surface area contributed by atoms with E-state index in [0.29, 0.717) is 12.2 Å². The third-order valence-corrected chi connectivity index (χ3v) is 4.17. The highest BCUT2D eigenvalue weighted by molar-refractivity contribution is 6.03. The molecule has 1 fully saturated rings. The van der Waals surface area contributed by atoms with Gasteiger partial charge in [-0.15, -0.1) is 0 Å². The number of carbonyl (C=O) groups excluding carboxylic acids is 2. The first-order chi connectivity index (χ1) is 11.6. The van der Waals surface area contributed by atoms with Gasteiger partial charge in [-0.25, -0.2) is 0 Å². The number of rotatable bonds is 4. The molecule has 1 unspecified atom stereocenters. The maximum Gasteiger partial charge on any atom is 0.229 e. The Balaban J connectivity index is 1.67. The summed E-state index contributed by atoms with van der Waals surface area (Å²) in [5.74, 6) is 0.230. The minimum atomic E-state index is -0.347. The third-order valence-electron chi connectivity index (χ3n) is 4.17. The van der Waals surface area contributed by atoms with Crippen molar-refractivity contribution in [1.29, 1.82) is 0 Å². The standard InChI is InChI=1S/C19H20N2O3/c1-13-4-3-5-16(10-13)21-12-14(11-18(21)22)19(23)20-15-6-8-17(24-2)9-7-15/h3-10,14H,11-12H2,1-2H3,(H,20,23). The topological polar surface area (TPSA) is 58.6 Å². The predicted octanol–water partition coefficient (Wildman–Crippen LogP) is 3.00. The number of anilines is 2. The zero-order valence-electron chi connectivity index (χ0n) is 13.8. The zero-order valence-corrected chi connectivity index (χ0v) is 13.8. The number of nitrogens with one attached hydrogen (secondary N) is 1. The first-order valence-corrected chi connectivity index (χ1v) is 7.89. The van der Waals surface area contributed by atoms with E-state index < -0.39 is 0 Å². The van der Waals surface area contributed by atoms with Crippen LogP contribution in [0.1, 0.15) is 12.0 Å². The van der Waals surface area contributed by atoms with Crippen LogP contribution >= 0.6 is 0 Å². The number of amides is 2. The number of hydrogen-bond donors (Lipinski definition) is 1. The van der Waals surface area contributed by atoms with E-state index in [2.05, 4.69) is 5.32 Å². The van der Waals surface area contributed by atoms with Crippen molar-refractivity contribution in [2.45, 2.75) is 13.3 Å². The Morgan fingerprint density at radius 3 is 2.62 bits per heavy atom. The van der Waals surface area contributed by atoms with Crippen molar-refractivity contribution in [3.05, 3.63) is 54.1 Å². The number of ether oxygens (including phenoxy) is 1. The van der Waals surface area contributed by atoms with Crippen molar-refractivity contribution in [3.63, 3.8) is 0 Å². The molecule has 0 aromatic heterocycles. The highest BCUT2D eigenvalue weighted by atomic mass is 16.5. The quantitative estimate of drug-likeness (QED) is 0.940. The summed E-state index contributed by atoms with van der Waals surface area (Å²) in [5.41, 5.74) is 2.63. The largest absolute Gasteiger partial charge is 0.497 e. The van der Waals surface area contributed by atoms with Gasteiger partial charge in [0, 0.05) is 24.3 Å². The Bertz CT molecular complexity index is 755. The molecule has 124 valence electrons. The minimum absolute atomic E-state index is 0.0181. The molecule has 0 bridgehead atoms. The van der Waals surface area contributed by atoms with Crippen LogP contribution in [0.4, 0.5) is 11.4 Å². The zero-order chi connectivity index (χ0) is 17.1. The average Bonchev–Trinajstić information content (AvgIpc) is 2.97. The Morgan fingerprint density at radius 1 is 1.21 bits per heavy atom. The van der Waals surface area contributed by atoms with E-state index in [4.69, 9.17) is 4.74 Å². The van der Waals surface area contributed by atoms with E-state index in [1.54, 1.807) is 36.3 Å². The lowest BCUT2D eigenvalue weighted by Crippen LogP contribution is -2.28. The molecule has 3 rings (SSSR count). The maximum atomic E-state index is 12.4. The lowest BCUT2D eigenvalue weighted by Gasteiger charge is -2.17. The second-order valence-electron chi connectivity index (χ2n) is 5.96. The summed E-state index contributed by atoms with van der Waals surface area (Å²) in [6, 6.07) is 14.9. The number of carbonyl (C=O) groups is 2. The smallest absolute Gasteiger partial charge is 0.229 e. The van der Waals surface area contributed by atoms with Crippen LogP contribution in [0.5, 0.6) is 5.75 Å². The minimum Gasteiger partial charge on any atom is -0.497 e. The molecular formula is C19H20N2O3. The van der Waals surface area contributed by atoms with Crippen molar-refractivity contribution in [3.8, 4) is 5.75 Å². The SMILES string of the molecule is COc1ccc(NC(=O)C2CC(=O)N(c3cccc(C)c3)C2)cc1. The van der Waals surface area contributed by atoms with Gasteiger partial charge in [-0.1, -0.05) is 12.1 Å². The van der Waals surface area contributed by atoms with E-state index >= 15 is 0 Å². The van der Waals surface area contributed by atoms with Gasteiger partial charge in [0.2, 0.25) is 11.8 Å². The molecular weight excluding hydrogens is 304 g/mol. The second kappa shape index (κ2) is 6.74. The molecule has 1 aliphatic rings. The molecule has 0 aliphatic carbocycles. The fraction of sp³-hybridized carbons (Fsp3) is 0.263. The molecule has 2 aromatic rings. The molecule has 5 heteroatoms. The summed E-state index contributed by atoms with van der Waals surface area (Å²) in [4.78, 5) is 26.4. The Kier molecular flexibility index (Phi) is 4.51. The van der Waals surface area contributed by atoms with Gasteiger partial charge in [-0.3, -0.25) is 9.59 Å². The van der Waals surface area contributed by atoms with E-state index in [9.17, 15) is 9.59 Å². The molecule has 5 nitrogen and oxygen atoms in total. The monoisotopic (exact) mass is 324 g/mol. The summed E-state index contributed by atoms with van der Waals surface area (Å²) in [6.07, 6.45) is 0.232. The normalized spacial score (nSPS) is 17.0. The summed E-state index contributed by atoms with van der Waals surface area (Å²) in [6.45, 7) is 2.39. The first kappa shape index (κ1) is 16.1. The van der Waals surface area contributed by atoms with Gasteiger partial charge < -0.3 is 15.0 Å². The number of nitrogens with zero attached hydrogens (tertiary/aromatic N) is 1. The summed E-state index contributed by atoms with van der Waals surface area (Å²) < 4.78 is 5.10. The second-order valence-corrected chi connectivity index (χ2v) is 5.96. The van der Waals surface area contributed by atoms with E-state index in [0.717, 1.165) is 17.0 Å². The van der Waals surface area contributed by atoms with Crippen LogP contribution in [0.25, 0.3) is 0 Å². The Morgan fingerprint density at radius 2 is 1.96 bits per heavy atom. The van der Waals surface area contributed by atoms with Crippen LogP contribution in [0.15, 0.2) is 48.5 Å². The molecule has 0 spiro atoms. The summed E-state index contributed by atoms with van der Waals surface area (Å²) in [7, 11) is 1.59. The molecule has 24 heavy (non-hydrogen) atoms. The van der Waals surface area contributed by atoms with Crippen LogP contribution in [-0.4, -0.2) is 25.5 Å². The van der Waals surface area contributed by atoms with Gasteiger partial charge in [0.05, 0.1) is 13.0 Å². The molecule has 1 N–H and O–H groups in total. The van der Waals surface area contributed by atoms with Crippen LogP contribution in [0, 0.1) is 12.8 Å². The van der Waals surface area contributed by atoms with Crippen LogP contribution in [-0.2, 0) is 9.59 Å².